The van der Waals surface area contributed by atoms with Crippen LogP contribution in [0.25, 0.3) is 11.5 Å². The largest absolute Gasteiger partial charge is 0.378 e. The molecule has 0 amide bonds. The molecule has 5 rings (SSSR count). The van der Waals surface area contributed by atoms with Crippen molar-refractivity contribution in [2.24, 2.45) is 0 Å². The Bertz CT molecular complexity index is 869. The molecule has 1 fully saturated rings. The van der Waals surface area contributed by atoms with Crippen LogP contribution in [0.3, 0.4) is 0 Å². The standard InChI is InChI=1S/C18H19N5OS/c1-2-4-13(5-3-1)14-10-16-20-21-17(23(16)11-14)15-12-25-18(19-15)22-6-8-24-9-7-22/h1-5,12,14H,6-11H2. The molecule has 128 valence electrons. The monoisotopic (exact) mass is 353 g/mol. The predicted molar refractivity (Wildman–Crippen MR) is 97.0 cm³/mol. The SMILES string of the molecule is c1ccc(C2Cc3nnc(-c4csc(N5CCOCC5)n4)n3C2)cc1. The molecule has 2 aliphatic rings. The average molecular weight is 353 g/mol. The summed E-state index contributed by atoms with van der Waals surface area (Å²) >= 11 is 1.68. The van der Waals surface area contributed by atoms with Gasteiger partial charge in [0.15, 0.2) is 11.0 Å². The number of thiazole rings is 1. The number of aromatic nitrogens is 4. The van der Waals surface area contributed by atoms with Crippen molar-refractivity contribution in [1.82, 2.24) is 19.7 Å². The molecular weight excluding hydrogens is 334 g/mol. The highest BCUT2D eigenvalue weighted by Crippen LogP contribution is 2.33. The Hall–Kier alpha value is -2.25. The third-order valence-electron chi connectivity index (χ3n) is 4.93. The van der Waals surface area contributed by atoms with E-state index in [0.29, 0.717) is 5.92 Å². The third kappa shape index (κ3) is 2.73. The van der Waals surface area contributed by atoms with Crippen LogP contribution < -0.4 is 4.90 Å². The number of hydrogen-bond donors (Lipinski definition) is 0. The smallest absolute Gasteiger partial charge is 0.186 e. The molecule has 0 N–H and O–H groups in total. The summed E-state index contributed by atoms with van der Waals surface area (Å²) in [7, 11) is 0. The molecule has 1 atom stereocenters. The zero-order chi connectivity index (χ0) is 16.6. The van der Waals surface area contributed by atoms with Gasteiger partial charge in [0.05, 0.1) is 13.2 Å². The van der Waals surface area contributed by atoms with E-state index in [1.165, 1.54) is 5.56 Å². The molecule has 0 aliphatic carbocycles. The van der Waals surface area contributed by atoms with Crippen LogP contribution in [0.5, 0.6) is 0 Å². The summed E-state index contributed by atoms with van der Waals surface area (Å²) in [6.07, 6.45) is 0.942. The van der Waals surface area contributed by atoms with Crippen LogP contribution in [0.1, 0.15) is 17.3 Å². The minimum absolute atomic E-state index is 0.475. The Balaban J connectivity index is 1.40. The number of ether oxygens (including phenoxy) is 1. The summed E-state index contributed by atoms with van der Waals surface area (Å²) in [5, 5.41) is 12.0. The van der Waals surface area contributed by atoms with Gasteiger partial charge >= 0.3 is 0 Å². The zero-order valence-corrected chi connectivity index (χ0v) is 14.7. The van der Waals surface area contributed by atoms with Gasteiger partial charge in [-0.3, -0.25) is 0 Å². The van der Waals surface area contributed by atoms with E-state index in [9.17, 15) is 0 Å². The summed E-state index contributed by atoms with van der Waals surface area (Å²) in [4.78, 5) is 7.10. The molecule has 7 heteroatoms. The van der Waals surface area contributed by atoms with Crippen LogP contribution in [0, 0.1) is 0 Å². The van der Waals surface area contributed by atoms with Gasteiger partial charge in [0.2, 0.25) is 0 Å². The second kappa shape index (κ2) is 6.24. The Morgan fingerprint density at radius 2 is 1.92 bits per heavy atom. The summed E-state index contributed by atoms with van der Waals surface area (Å²) in [6.45, 7) is 4.27. The maximum absolute atomic E-state index is 5.42. The minimum atomic E-state index is 0.475. The van der Waals surface area contributed by atoms with Crippen LogP contribution >= 0.6 is 11.3 Å². The second-order valence-electron chi connectivity index (χ2n) is 6.48. The van der Waals surface area contributed by atoms with Gasteiger partial charge in [0.25, 0.3) is 0 Å². The van der Waals surface area contributed by atoms with Gasteiger partial charge in [-0.2, -0.15) is 0 Å². The van der Waals surface area contributed by atoms with Crippen molar-refractivity contribution in [2.75, 3.05) is 31.2 Å². The van der Waals surface area contributed by atoms with Crippen LogP contribution in [-0.2, 0) is 17.7 Å². The lowest BCUT2D eigenvalue weighted by molar-refractivity contribution is 0.122. The lowest BCUT2D eigenvalue weighted by Gasteiger charge is -2.25. The average Bonchev–Trinajstić information content (AvgIpc) is 3.38. The number of nitrogens with zero attached hydrogens (tertiary/aromatic N) is 5. The van der Waals surface area contributed by atoms with Gasteiger partial charge in [0.1, 0.15) is 11.5 Å². The predicted octanol–water partition coefficient (Wildman–Crippen LogP) is 2.58. The highest BCUT2D eigenvalue weighted by atomic mass is 32.1. The molecule has 6 nitrogen and oxygen atoms in total. The molecule has 4 heterocycles. The quantitative estimate of drug-likeness (QED) is 0.724. The number of hydrogen-bond acceptors (Lipinski definition) is 6. The Labute approximate surface area is 150 Å². The molecule has 3 aromatic rings. The highest BCUT2D eigenvalue weighted by molar-refractivity contribution is 7.14. The van der Waals surface area contributed by atoms with Crippen LogP contribution in [0.15, 0.2) is 35.7 Å². The molecular formula is C18H19N5OS. The third-order valence-corrected chi connectivity index (χ3v) is 5.83. The van der Waals surface area contributed by atoms with Crippen LogP contribution in [0.2, 0.25) is 0 Å². The van der Waals surface area contributed by atoms with Gasteiger partial charge in [-0.1, -0.05) is 30.3 Å². The maximum atomic E-state index is 5.42. The molecule has 1 saturated heterocycles. The summed E-state index contributed by atoms with van der Waals surface area (Å²) in [6, 6.07) is 10.7. The fourth-order valence-corrected chi connectivity index (χ4v) is 4.45. The molecule has 0 saturated carbocycles. The number of morpholine rings is 1. The number of fused-ring (bicyclic) bond motifs is 1. The number of benzene rings is 1. The Morgan fingerprint density at radius 1 is 1.08 bits per heavy atom. The van der Waals surface area contributed by atoms with Gasteiger partial charge in [-0.25, -0.2) is 4.98 Å². The van der Waals surface area contributed by atoms with Crippen molar-refractivity contribution in [1.29, 1.82) is 0 Å². The molecule has 1 aromatic carbocycles. The van der Waals surface area contributed by atoms with E-state index in [0.717, 1.165) is 61.7 Å². The fraction of sp³-hybridized carbons (Fsp3) is 0.389. The maximum Gasteiger partial charge on any atom is 0.186 e. The van der Waals surface area contributed by atoms with Crippen LogP contribution in [-0.4, -0.2) is 46.1 Å². The van der Waals surface area contributed by atoms with Crippen molar-refractivity contribution >= 4 is 16.5 Å². The lowest BCUT2D eigenvalue weighted by atomic mass is 9.98. The van der Waals surface area contributed by atoms with Crippen molar-refractivity contribution in [3.05, 3.63) is 47.1 Å². The van der Waals surface area contributed by atoms with Crippen molar-refractivity contribution < 1.29 is 4.74 Å². The van der Waals surface area contributed by atoms with E-state index in [-0.39, 0.29) is 0 Å². The van der Waals surface area contributed by atoms with E-state index in [2.05, 4.69) is 55.4 Å². The van der Waals surface area contributed by atoms with E-state index < -0.39 is 0 Å². The summed E-state index contributed by atoms with van der Waals surface area (Å²) < 4.78 is 7.66. The van der Waals surface area contributed by atoms with Crippen molar-refractivity contribution in [3.8, 4) is 11.5 Å². The first-order valence-corrected chi connectivity index (χ1v) is 9.52. The van der Waals surface area contributed by atoms with Gasteiger partial charge in [-0.05, 0) is 5.56 Å². The van der Waals surface area contributed by atoms with E-state index >= 15 is 0 Å². The first-order chi connectivity index (χ1) is 12.4. The molecule has 0 radical (unpaired) electrons. The lowest BCUT2D eigenvalue weighted by Crippen LogP contribution is -2.36. The van der Waals surface area contributed by atoms with Gasteiger partial charge < -0.3 is 14.2 Å². The normalized spacial score (nSPS) is 20.0. The summed E-state index contributed by atoms with van der Waals surface area (Å²) in [5.74, 6) is 2.43. The second-order valence-corrected chi connectivity index (χ2v) is 7.31. The molecule has 0 bridgehead atoms. The summed E-state index contributed by atoms with van der Waals surface area (Å²) in [5.41, 5.74) is 2.30. The number of rotatable bonds is 3. The number of anilines is 1. The topological polar surface area (TPSA) is 56.1 Å². The van der Waals surface area contributed by atoms with Crippen molar-refractivity contribution in [3.63, 3.8) is 0 Å². The molecule has 2 aromatic heterocycles. The van der Waals surface area contributed by atoms with Gasteiger partial charge in [0, 0.05) is 37.4 Å². The first-order valence-electron chi connectivity index (χ1n) is 8.64. The fourth-order valence-electron chi connectivity index (χ4n) is 3.59. The van der Waals surface area contributed by atoms with Crippen LogP contribution in [0.4, 0.5) is 5.13 Å². The Kier molecular flexibility index (Phi) is 3.75. The molecule has 2 aliphatic heterocycles. The Morgan fingerprint density at radius 3 is 2.76 bits per heavy atom. The first kappa shape index (κ1) is 15.0. The molecule has 0 spiro atoms. The van der Waals surface area contributed by atoms with E-state index in [4.69, 9.17) is 9.72 Å². The van der Waals surface area contributed by atoms with Gasteiger partial charge in [-0.15, -0.1) is 21.5 Å². The highest BCUT2D eigenvalue weighted by Gasteiger charge is 2.28. The van der Waals surface area contributed by atoms with E-state index in [1.807, 2.05) is 0 Å². The zero-order valence-electron chi connectivity index (χ0n) is 13.8. The molecule has 25 heavy (non-hydrogen) atoms. The molecule has 1 unspecified atom stereocenters. The minimum Gasteiger partial charge on any atom is -0.378 e. The van der Waals surface area contributed by atoms with Crippen molar-refractivity contribution in [2.45, 2.75) is 18.9 Å². The van der Waals surface area contributed by atoms with E-state index in [1.54, 1.807) is 11.3 Å².